The number of aryl methyl sites for hydroxylation is 1. The van der Waals surface area contributed by atoms with Crippen LogP contribution in [0.2, 0.25) is 0 Å². The third-order valence-corrected chi connectivity index (χ3v) is 5.26. The summed E-state index contributed by atoms with van der Waals surface area (Å²) in [5, 5.41) is 5.82. The predicted molar refractivity (Wildman–Crippen MR) is 131 cm³/mol. The van der Waals surface area contributed by atoms with Crippen LogP contribution in [0.5, 0.6) is 0 Å². The monoisotopic (exact) mass is 426 g/mol. The molecule has 4 nitrogen and oxygen atoms in total. The van der Waals surface area contributed by atoms with Crippen molar-refractivity contribution in [3.8, 4) is 0 Å². The standard InChI is InChI=1S/C28H30N2O2/c1-19-6-10-23(11-7-19)27(32)30-20(2)29-25-16-8-21(9-17-25)18-26(31)22-12-14-24(15-13-22)28(3,4)5/h6-17,29H,2,18H2,1,3-5H3,(H,30,32). The summed E-state index contributed by atoms with van der Waals surface area (Å²) in [5.74, 6) is 0.251. The van der Waals surface area contributed by atoms with Crippen LogP contribution in [0, 0.1) is 6.92 Å². The van der Waals surface area contributed by atoms with Crippen molar-refractivity contribution in [2.45, 2.75) is 39.5 Å². The van der Waals surface area contributed by atoms with Gasteiger partial charge in [-0.3, -0.25) is 9.59 Å². The van der Waals surface area contributed by atoms with Crippen molar-refractivity contribution >= 4 is 17.4 Å². The molecular weight excluding hydrogens is 396 g/mol. The molecule has 3 aromatic carbocycles. The lowest BCUT2D eigenvalue weighted by Gasteiger charge is -2.19. The third kappa shape index (κ3) is 6.17. The molecular formula is C28H30N2O2. The summed E-state index contributed by atoms with van der Waals surface area (Å²) in [6.45, 7) is 12.3. The maximum atomic E-state index is 12.6. The second kappa shape index (κ2) is 9.65. The van der Waals surface area contributed by atoms with Crippen molar-refractivity contribution < 1.29 is 9.59 Å². The normalized spacial score (nSPS) is 11.0. The van der Waals surface area contributed by atoms with E-state index in [1.807, 2.05) is 67.6 Å². The van der Waals surface area contributed by atoms with Gasteiger partial charge >= 0.3 is 0 Å². The molecule has 0 saturated carbocycles. The molecule has 0 aliphatic rings. The molecule has 0 aliphatic heterocycles. The molecule has 3 rings (SSSR count). The molecule has 0 radical (unpaired) electrons. The van der Waals surface area contributed by atoms with E-state index >= 15 is 0 Å². The molecule has 0 heterocycles. The smallest absolute Gasteiger partial charge is 0.256 e. The van der Waals surface area contributed by atoms with E-state index in [4.69, 9.17) is 0 Å². The number of anilines is 1. The molecule has 0 saturated heterocycles. The van der Waals surface area contributed by atoms with Crippen molar-refractivity contribution in [3.05, 3.63) is 113 Å². The first-order valence-electron chi connectivity index (χ1n) is 10.7. The number of rotatable bonds is 7. The molecule has 0 fully saturated rings. The Bertz CT molecular complexity index is 1100. The number of hydrogen-bond donors (Lipinski definition) is 2. The van der Waals surface area contributed by atoms with Crippen molar-refractivity contribution in [2.24, 2.45) is 0 Å². The van der Waals surface area contributed by atoms with Crippen molar-refractivity contribution in [1.29, 1.82) is 0 Å². The minimum absolute atomic E-state index is 0.0635. The van der Waals surface area contributed by atoms with Crippen LogP contribution in [-0.4, -0.2) is 11.7 Å². The Kier molecular flexibility index (Phi) is 6.94. The van der Waals surface area contributed by atoms with E-state index < -0.39 is 0 Å². The highest BCUT2D eigenvalue weighted by molar-refractivity contribution is 5.97. The van der Waals surface area contributed by atoms with E-state index in [0.717, 1.165) is 16.8 Å². The Balaban J connectivity index is 1.55. The predicted octanol–water partition coefficient (Wildman–Crippen LogP) is 6.03. The molecule has 2 N–H and O–H groups in total. The van der Waals surface area contributed by atoms with Gasteiger partial charge in [-0.2, -0.15) is 0 Å². The van der Waals surface area contributed by atoms with Crippen molar-refractivity contribution in [3.63, 3.8) is 0 Å². The highest BCUT2D eigenvalue weighted by atomic mass is 16.1. The van der Waals surface area contributed by atoms with Gasteiger partial charge < -0.3 is 10.6 Å². The maximum Gasteiger partial charge on any atom is 0.256 e. The van der Waals surface area contributed by atoms with Gasteiger partial charge in [0.05, 0.1) is 0 Å². The molecule has 3 aromatic rings. The number of hydrogen-bond acceptors (Lipinski definition) is 3. The molecule has 0 aliphatic carbocycles. The zero-order valence-electron chi connectivity index (χ0n) is 19.2. The quantitative estimate of drug-likeness (QED) is 0.454. The minimum atomic E-state index is -0.220. The van der Waals surface area contributed by atoms with Crippen LogP contribution in [0.15, 0.2) is 85.2 Å². The average Bonchev–Trinajstić information content (AvgIpc) is 2.75. The number of carbonyl (C=O) groups excluding carboxylic acids is 2. The lowest BCUT2D eigenvalue weighted by molar-refractivity contribution is 0.0964. The fourth-order valence-electron chi connectivity index (χ4n) is 3.27. The summed E-state index contributed by atoms with van der Waals surface area (Å²) in [5.41, 5.74) is 5.36. The molecule has 164 valence electrons. The topological polar surface area (TPSA) is 58.2 Å². The summed E-state index contributed by atoms with van der Waals surface area (Å²) in [6, 6.07) is 22.7. The Hall–Kier alpha value is -3.66. The Morgan fingerprint density at radius 3 is 1.94 bits per heavy atom. The molecule has 0 unspecified atom stereocenters. The van der Waals surface area contributed by atoms with E-state index in [1.54, 1.807) is 12.1 Å². The summed E-state index contributed by atoms with van der Waals surface area (Å²) >= 11 is 0. The van der Waals surface area contributed by atoms with Gasteiger partial charge in [-0.25, -0.2) is 0 Å². The first kappa shape index (κ1) is 23.0. The van der Waals surface area contributed by atoms with Crippen molar-refractivity contribution in [2.75, 3.05) is 5.32 Å². The van der Waals surface area contributed by atoms with Crippen LogP contribution in [0.4, 0.5) is 5.69 Å². The van der Waals surface area contributed by atoms with Gasteiger partial charge in [0, 0.05) is 23.2 Å². The first-order chi connectivity index (χ1) is 15.1. The molecule has 0 atom stereocenters. The van der Waals surface area contributed by atoms with Gasteiger partial charge in [-0.05, 0) is 47.7 Å². The molecule has 0 spiro atoms. The lowest BCUT2D eigenvalue weighted by atomic mass is 9.86. The van der Waals surface area contributed by atoms with Gasteiger partial charge in [0.25, 0.3) is 5.91 Å². The van der Waals surface area contributed by atoms with Crippen LogP contribution in [0.1, 0.15) is 58.2 Å². The van der Waals surface area contributed by atoms with Crippen LogP contribution in [0.3, 0.4) is 0 Å². The van der Waals surface area contributed by atoms with Gasteiger partial charge in [0.1, 0.15) is 5.82 Å². The summed E-state index contributed by atoms with van der Waals surface area (Å²) in [4.78, 5) is 24.9. The number of benzene rings is 3. The van der Waals surface area contributed by atoms with Gasteiger partial charge in [0.15, 0.2) is 5.78 Å². The van der Waals surface area contributed by atoms with E-state index in [0.29, 0.717) is 23.4 Å². The summed E-state index contributed by atoms with van der Waals surface area (Å²) < 4.78 is 0. The molecule has 32 heavy (non-hydrogen) atoms. The van der Waals surface area contributed by atoms with E-state index in [1.165, 1.54) is 5.56 Å². The van der Waals surface area contributed by atoms with Crippen molar-refractivity contribution in [1.82, 2.24) is 5.32 Å². The minimum Gasteiger partial charge on any atom is -0.342 e. The number of ketones is 1. The molecule has 1 amide bonds. The Morgan fingerprint density at radius 1 is 0.812 bits per heavy atom. The van der Waals surface area contributed by atoms with Crippen LogP contribution < -0.4 is 10.6 Å². The Labute approximate surface area is 190 Å². The number of nitrogens with one attached hydrogen (secondary N) is 2. The first-order valence-corrected chi connectivity index (χ1v) is 10.7. The fraction of sp³-hybridized carbons (Fsp3) is 0.214. The van der Waals surface area contributed by atoms with E-state index in [9.17, 15) is 9.59 Å². The summed E-state index contributed by atoms with van der Waals surface area (Å²) in [6.07, 6.45) is 0.334. The maximum absolute atomic E-state index is 12.6. The number of amides is 1. The van der Waals surface area contributed by atoms with Crippen LogP contribution in [-0.2, 0) is 11.8 Å². The Morgan fingerprint density at radius 2 is 1.38 bits per heavy atom. The fourth-order valence-corrected chi connectivity index (χ4v) is 3.27. The molecule has 0 bridgehead atoms. The van der Waals surface area contributed by atoms with Gasteiger partial charge in [-0.1, -0.05) is 81.4 Å². The zero-order chi connectivity index (χ0) is 23.3. The van der Waals surface area contributed by atoms with E-state index in [-0.39, 0.29) is 17.1 Å². The second-order valence-electron chi connectivity index (χ2n) is 9.05. The van der Waals surface area contributed by atoms with E-state index in [2.05, 4.69) is 38.0 Å². The second-order valence-corrected chi connectivity index (χ2v) is 9.05. The van der Waals surface area contributed by atoms with Gasteiger partial charge in [-0.15, -0.1) is 0 Å². The number of carbonyl (C=O) groups is 2. The zero-order valence-corrected chi connectivity index (χ0v) is 19.2. The number of Topliss-reactive ketones (excluding diaryl/α,β-unsaturated/α-hetero) is 1. The highest BCUT2D eigenvalue weighted by Gasteiger charge is 2.14. The van der Waals surface area contributed by atoms with Crippen LogP contribution in [0.25, 0.3) is 0 Å². The summed E-state index contributed by atoms with van der Waals surface area (Å²) in [7, 11) is 0. The largest absolute Gasteiger partial charge is 0.342 e. The molecule has 4 heteroatoms. The lowest BCUT2D eigenvalue weighted by Crippen LogP contribution is -2.26. The SMILES string of the molecule is C=C(NC(=O)c1ccc(C)cc1)Nc1ccc(CC(=O)c2ccc(C(C)(C)C)cc2)cc1. The third-order valence-electron chi connectivity index (χ3n) is 5.26. The molecule has 0 aromatic heterocycles. The highest BCUT2D eigenvalue weighted by Crippen LogP contribution is 2.22. The van der Waals surface area contributed by atoms with Crippen LogP contribution >= 0.6 is 0 Å². The average molecular weight is 427 g/mol. The van der Waals surface area contributed by atoms with Gasteiger partial charge in [0.2, 0.25) is 0 Å².